The second-order valence-corrected chi connectivity index (χ2v) is 10.8. The minimum atomic E-state index is -3.43. The molecule has 0 saturated carbocycles. The first kappa shape index (κ1) is 23.7. The molecule has 0 fully saturated rings. The molecule has 0 atom stereocenters. The van der Waals surface area contributed by atoms with Gasteiger partial charge in [-0.1, -0.05) is 0 Å². The lowest BCUT2D eigenvalue weighted by molar-refractivity contribution is 0.586. The number of halogens is 1. The first-order valence-corrected chi connectivity index (χ1v) is 13.4. The van der Waals surface area contributed by atoms with Crippen LogP contribution in [-0.2, 0) is 16.6 Å². The quantitative estimate of drug-likeness (QED) is 0.255. The van der Waals surface area contributed by atoms with Crippen molar-refractivity contribution in [3.8, 4) is 33.9 Å². The van der Waals surface area contributed by atoms with Gasteiger partial charge in [-0.05, 0) is 54.1 Å². The lowest BCUT2D eigenvalue weighted by Gasteiger charge is -2.07. The maximum atomic E-state index is 14.5. The van der Waals surface area contributed by atoms with E-state index in [2.05, 4.69) is 29.9 Å². The van der Waals surface area contributed by atoms with Gasteiger partial charge in [-0.25, -0.2) is 22.5 Å². The SMILES string of the molecule is CS(=O)(=O)NCc1cc(F)cc(-c2nccc3[nH]c(-c4n[nH]c5ccc(-c6cncc(N)c6)nc45)cc23)c1. The minimum Gasteiger partial charge on any atom is -0.397 e. The van der Waals surface area contributed by atoms with E-state index in [0.717, 1.165) is 28.2 Å². The number of sulfonamides is 1. The van der Waals surface area contributed by atoms with E-state index in [1.54, 1.807) is 30.7 Å². The van der Waals surface area contributed by atoms with Crippen LogP contribution in [0.25, 0.3) is 55.8 Å². The van der Waals surface area contributed by atoms with Crippen molar-refractivity contribution < 1.29 is 12.8 Å². The van der Waals surface area contributed by atoms with Crippen molar-refractivity contribution in [3.63, 3.8) is 0 Å². The predicted molar refractivity (Wildman–Crippen MR) is 144 cm³/mol. The molecule has 1 aromatic carbocycles. The molecule has 0 spiro atoms. The zero-order chi connectivity index (χ0) is 26.4. The van der Waals surface area contributed by atoms with Crippen LogP contribution >= 0.6 is 0 Å². The number of fused-ring (bicyclic) bond motifs is 2. The highest BCUT2D eigenvalue weighted by atomic mass is 32.2. The Morgan fingerprint density at radius 2 is 1.87 bits per heavy atom. The van der Waals surface area contributed by atoms with Gasteiger partial charge in [0.1, 0.15) is 17.0 Å². The molecule has 10 nitrogen and oxygen atoms in total. The van der Waals surface area contributed by atoms with E-state index < -0.39 is 15.8 Å². The van der Waals surface area contributed by atoms with Crippen LogP contribution < -0.4 is 10.5 Å². The van der Waals surface area contributed by atoms with Crippen LogP contribution in [0.1, 0.15) is 5.56 Å². The fourth-order valence-electron chi connectivity index (χ4n) is 4.36. The molecular weight excluding hydrogens is 507 g/mol. The molecule has 6 aromatic rings. The number of hydrogen-bond donors (Lipinski definition) is 4. The van der Waals surface area contributed by atoms with Crippen molar-refractivity contribution in [3.05, 3.63) is 78.5 Å². The Bertz CT molecular complexity index is 1950. The van der Waals surface area contributed by atoms with Crippen LogP contribution in [0, 0.1) is 5.82 Å². The Kier molecular flexibility index (Phi) is 5.62. The van der Waals surface area contributed by atoms with Crippen molar-refractivity contribution in [2.24, 2.45) is 0 Å². The van der Waals surface area contributed by atoms with Crippen LogP contribution in [-0.4, -0.2) is 44.8 Å². The first-order chi connectivity index (χ1) is 18.2. The summed E-state index contributed by atoms with van der Waals surface area (Å²) < 4.78 is 39.9. The molecular formula is C26H21FN8O2S. The Morgan fingerprint density at radius 1 is 1.00 bits per heavy atom. The topological polar surface area (TPSA) is 155 Å². The van der Waals surface area contributed by atoms with E-state index in [4.69, 9.17) is 10.7 Å². The second kappa shape index (κ2) is 9.01. The van der Waals surface area contributed by atoms with Gasteiger partial charge in [0.2, 0.25) is 10.0 Å². The fraction of sp³-hybridized carbons (Fsp3) is 0.0769. The van der Waals surface area contributed by atoms with Crippen molar-refractivity contribution in [2.75, 3.05) is 12.0 Å². The molecule has 12 heteroatoms. The zero-order valence-corrected chi connectivity index (χ0v) is 20.8. The number of H-pyrrole nitrogens is 2. The average molecular weight is 529 g/mol. The Balaban J connectivity index is 1.43. The number of hydrogen-bond acceptors (Lipinski definition) is 7. The van der Waals surface area contributed by atoms with Crippen molar-refractivity contribution in [2.45, 2.75) is 6.54 Å². The number of nitrogens with one attached hydrogen (secondary N) is 3. The summed E-state index contributed by atoms with van der Waals surface area (Å²) in [5, 5.41) is 8.25. The minimum absolute atomic E-state index is 0.0339. The number of pyridine rings is 3. The van der Waals surface area contributed by atoms with Gasteiger partial charge < -0.3 is 10.7 Å². The Hall–Kier alpha value is -4.68. The zero-order valence-electron chi connectivity index (χ0n) is 20.0. The molecule has 190 valence electrons. The molecule has 0 unspecified atom stereocenters. The summed E-state index contributed by atoms with van der Waals surface area (Å²) in [6, 6.07) is 13.7. The van der Waals surface area contributed by atoms with E-state index >= 15 is 0 Å². The highest BCUT2D eigenvalue weighted by Crippen LogP contribution is 2.33. The summed E-state index contributed by atoms with van der Waals surface area (Å²) in [5.74, 6) is -0.492. The number of aromatic nitrogens is 6. The first-order valence-electron chi connectivity index (χ1n) is 11.5. The summed E-state index contributed by atoms with van der Waals surface area (Å²) in [6.45, 7) is -0.0339. The molecule has 5 aromatic heterocycles. The molecule has 0 bridgehead atoms. The lowest BCUT2D eigenvalue weighted by Crippen LogP contribution is -2.21. The molecule has 0 aliphatic carbocycles. The summed E-state index contributed by atoms with van der Waals surface area (Å²) in [4.78, 5) is 16.8. The Morgan fingerprint density at radius 3 is 2.68 bits per heavy atom. The smallest absolute Gasteiger partial charge is 0.209 e. The summed E-state index contributed by atoms with van der Waals surface area (Å²) in [5.41, 5.74) is 13.0. The van der Waals surface area contributed by atoms with Crippen LogP contribution in [0.5, 0.6) is 0 Å². The van der Waals surface area contributed by atoms with E-state index in [-0.39, 0.29) is 6.54 Å². The number of benzene rings is 1. The monoisotopic (exact) mass is 528 g/mol. The molecule has 0 aliphatic rings. The molecule has 0 radical (unpaired) electrons. The largest absolute Gasteiger partial charge is 0.397 e. The van der Waals surface area contributed by atoms with Gasteiger partial charge in [-0.15, -0.1) is 0 Å². The molecule has 0 aliphatic heterocycles. The third-order valence-corrected chi connectivity index (χ3v) is 6.70. The maximum absolute atomic E-state index is 14.5. The van der Waals surface area contributed by atoms with E-state index in [1.165, 1.54) is 12.1 Å². The van der Waals surface area contributed by atoms with Crippen LogP contribution in [0.15, 0.2) is 67.1 Å². The number of nitrogens with two attached hydrogens (primary N) is 1. The number of rotatable bonds is 6. The number of nitrogen functional groups attached to an aromatic ring is 1. The molecule has 5 N–H and O–H groups in total. The van der Waals surface area contributed by atoms with Crippen LogP contribution in [0.2, 0.25) is 0 Å². The summed E-state index contributed by atoms with van der Waals surface area (Å²) in [7, 11) is -3.43. The van der Waals surface area contributed by atoms with Gasteiger partial charge >= 0.3 is 0 Å². The number of nitrogens with zero attached hydrogens (tertiary/aromatic N) is 4. The molecule has 0 amide bonds. The van der Waals surface area contributed by atoms with Crippen molar-refractivity contribution in [1.82, 2.24) is 34.9 Å². The van der Waals surface area contributed by atoms with Crippen LogP contribution in [0.4, 0.5) is 10.1 Å². The highest BCUT2D eigenvalue weighted by molar-refractivity contribution is 7.88. The lowest BCUT2D eigenvalue weighted by atomic mass is 10.0. The summed E-state index contributed by atoms with van der Waals surface area (Å²) in [6.07, 6.45) is 5.96. The van der Waals surface area contributed by atoms with Crippen LogP contribution in [0.3, 0.4) is 0 Å². The average Bonchev–Trinajstić information content (AvgIpc) is 3.50. The van der Waals surface area contributed by atoms with Gasteiger partial charge in [-0.3, -0.25) is 15.1 Å². The Labute approximate surface area is 216 Å². The normalized spacial score (nSPS) is 11.9. The van der Waals surface area contributed by atoms with E-state index in [9.17, 15) is 12.8 Å². The molecule has 5 heterocycles. The van der Waals surface area contributed by atoms with E-state index in [0.29, 0.717) is 45.1 Å². The van der Waals surface area contributed by atoms with Crippen molar-refractivity contribution >= 4 is 37.6 Å². The van der Waals surface area contributed by atoms with Gasteiger partial charge in [0.05, 0.1) is 34.5 Å². The molecule has 38 heavy (non-hydrogen) atoms. The maximum Gasteiger partial charge on any atom is 0.209 e. The number of anilines is 1. The fourth-order valence-corrected chi connectivity index (χ4v) is 4.79. The molecule has 6 rings (SSSR count). The highest BCUT2D eigenvalue weighted by Gasteiger charge is 2.17. The predicted octanol–water partition coefficient (Wildman–Crippen LogP) is 4.00. The van der Waals surface area contributed by atoms with Gasteiger partial charge in [0.15, 0.2) is 0 Å². The van der Waals surface area contributed by atoms with Gasteiger partial charge in [0.25, 0.3) is 0 Å². The van der Waals surface area contributed by atoms with E-state index in [1.807, 2.05) is 24.3 Å². The standard InChI is InChI=1S/C26H21FN8O2S/c1-38(36,37)31-11-14-6-15(8-17(27)7-14)24-19-10-23(32-21(19)4-5-30-24)26-25-22(34-35-26)3-2-20(33-25)16-9-18(28)13-29-12-16/h2-10,12-13,31-32H,11,28H2,1H3,(H,34,35). The van der Waals surface area contributed by atoms with Crippen molar-refractivity contribution in [1.29, 1.82) is 0 Å². The third-order valence-electron chi connectivity index (χ3n) is 6.04. The van der Waals surface area contributed by atoms with Gasteiger partial charge in [-0.2, -0.15) is 5.10 Å². The third kappa shape index (κ3) is 4.58. The summed E-state index contributed by atoms with van der Waals surface area (Å²) >= 11 is 0. The molecule has 0 saturated heterocycles. The van der Waals surface area contributed by atoms with Gasteiger partial charge in [0, 0.05) is 47.2 Å². The second-order valence-electron chi connectivity index (χ2n) is 8.92. The number of aromatic amines is 2.